The SMILES string of the molecule is COCC(NC(=O)NC1CCC(C)CC1C)C(=O)O. The van der Waals surface area contributed by atoms with Crippen LogP contribution in [0.25, 0.3) is 0 Å². The molecule has 1 fully saturated rings. The zero-order chi connectivity index (χ0) is 14.4. The molecule has 0 aliphatic heterocycles. The number of hydrogen-bond acceptors (Lipinski definition) is 3. The van der Waals surface area contributed by atoms with Crippen LogP contribution in [0.1, 0.15) is 33.1 Å². The van der Waals surface area contributed by atoms with Gasteiger partial charge in [-0.15, -0.1) is 0 Å². The van der Waals surface area contributed by atoms with Gasteiger partial charge in [0.1, 0.15) is 0 Å². The molecule has 0 aromatic rings. The van der Waals surface area contributed by atoms with Crippen molar-refractivity contribution in [2.75, 3.05) is 13.7 Å². The number of carbonyl (C=O) groups is 2. The van der Waals surface area contributed by atoms with E-state index in [4.69, 9.17) is 9.84 Å². The van der Waals surface area contributed by atoms with Gasteiger partial charge in [0.25, 0.3) is 0 Å². The second-order valence-electron chi connectivity index (χ2n) is 5.47. The minimum atomic E-state index is -1.10. The van der Waals surface area contributed by atoms with E-state index in [-0.39, 0.29) is 12.6 Å². The number of hydrogen-bond donors (Lipinski definition) is 3. The van der Waals surface area contributed by atoms with E-state index in [0.717, 1.165) is 19.3 Å². The van der Waals surface area contributed by atoms with Gasteiger partial charge in [0, 0.05) is 13.2 Å². The van der Waals surface area contributed by atoms with Gasteiger partial charge in [0.05, 0.1) is 6.61 Å². The number of rotatable bonds is 5. The Labute approximate surface area is 113 Å². The summed E-state index contributed by atoms with van der Waals surface area (Å²) in [5.41, 5.74) is 0. The van der Waals surface area contributed by atoms with Crippen molar-refractivity contribution in [3.63, 3.8) is 0 Å². The van der Waals surface area contributed by atoms with Crippen LogP contribution >= 0.6 is 0 Å². The Morgan fingerprint density at radius 2 is 2.05 bits per heavy atom. The molecule has 19 heavy (non-hydrogen) atoms. The molecule has 0 radical (unpaired) electrons. The fraction of sp³-hybridized carbons (Fsp3) is 0.846. The summed E-state index contributed by atoms with van der Waals surface area (Å²) in [7, 11) is 1.40. The Bertz CT molecular complexity index is 322. The summed E-state index contributed by atoms with van der Waals surface area (Å²) < 4.78 is 4.77. The van der Waals surface area contributed by atoms with Gasteiger partial charge in [-0.3, -0.25) is 0 Å². The third-order valence-corrected chi connectivity index (χ3v) is 3.68. The molecule has 0 spiro atoms. The molecule has 0 aromatic heterocycles. The van der Waals surface area contributed by atoms with Crippen LogP contribution < -0.4 is 10.6 Å². The lowest BCUT2D eigenvalue weighted by Gasteiger charge is -2.33. The highest BCUT2D eigenvalue weighted by atomic mass is 16.5. The second kappa shape index (κ2) is 7.33. The third-order valence-electron chi connectivity index (χ3n) is 3.68. The molecule has 6 nitrogen and oxygen atoms in total. The number of carboxylic acid groups (broad SMARTS) is 1. The van der Waals surface area contributed by atoms with E-state index in [1.54, 1.807) is 0 Å². The predicted octanol–water partition coefficient (Wildman–Crippen LogP) is 1.21. The molecule has 1 aliphatic rings. The van der Waals surface area contributed by atoms with Gasteiger partial charge in [-0.25, -0.2) is 9.59 Å². The second-order valence-corrected chi connectivity index (χ2v) is 5.47. The minimum absolute atomic E-state index is 0.0417. The van der Waals surface area contributed by atoms with Crippen molar-refractivity contribution in [2.24, 2.45) is 11.8 Å². The molecular weight excluding hydrogens is 248 g/mol. The Hall–Kier alpha value is -1.30. The number of methoxy groups -OCH3 is 1. The van der Waals surface area contributed by atoms with E-state index < -0.39 is 18.0 Å². The van der Waals surface area contributed by atoms with E-state index in [1.165, 1.54) is 7.11 Å². The molecule has 3 N–H and O–H groups in total. The molecular formula is C13H24N2O4. The first kappa shape index (κ1) is 15.8. The maximum Gasteiger partial charge on any atom is 0.328 e. The van der Waals surface area contributed by atoms with E-state index >= 15 is 0 Å². The number of amides is 2. The van der Waals surface area contributed by atoms with Gasteiger partial charge >= 0.3 is 12.0 Å². The first-order valence-corrected chi connectivity index (χ1v) is 6.72. The van der Waals surface area contributed by atoms with Gasteiger partial charge in [-0.2, -0.15) is 0 Å². The van der Waals surface area contributed by atoms with Crippen molar-refractivity contribution in [1.29, 1.82) is 0 Å². The molecule has 110 valence electrons. The van der Waals surface area contributed by atoms with Gasteiger partial charge < -0.3 is 20.5 Å². The predicted molar refractivity (Wildman–Crippen MR) is 70.9 cm³/mol. The molecule has 0 bridgehead atoms. The van der Waals surface area contributed by atoms with Crippen molar-refractivity contribution in [3.8, 4) is 0 Å². The van der Waals surface area contributed by atoms with E-state index in [1.807, 2.05) is 0 Å². The van der Waals surface area contributed by atoms with E-state index in [9.17, 15) is 9.59 Å². The molecule has 0 aromatic carbocycles. The van der Waals surface area contributed by atoms with Crippen molar-refractivity contribution in [3.05, 3.63) is 0 Å². The average molecular weight is 272 g/mol. The minimum Gasteiger partial charge on any atom is -0.480 e. The van der Waals surface area contributed by atoms with Crippen molar-refractivity contribution in [1.82, 2.24) is 10.6 Å². The quantitative estimate of drug-likeness (QED) is 0.702. The molecule has 1 rings (SSSR count). The molecule has 6 heteroatoms. The van der Waals surface area contributed by atoms with Crippen molar-refractivity contribution < 1.29 is 19.4 Å². The first-order valence-electron chi connectivity index (χ1n) is 6.72. The van der Waals surface area contributed by atoms with Crippen LogP contribution in [-0.2, 0) is 9.53 Å². The standard InChI is InChI=1S/C13H24N2O4/c1-8-4-5-10(9(2)6-8)14-13(18)15-11(7-19-3)12(16)17/h8-11H,4-7H2,1-3H3,(H,16,17)(H2,14,15,18). The topological polar surface area (TPSA) is 87.7 Å². The number of carboxylic acids is 1. The third kappa shape index (κ3) is 5.06. The fourth-order valence-electron chi connectivity index (χ4n) is 2.59. The normalized spacial score (nSPS) is 28.5. The Morgan fingerprint density at radius 1 is 1.37 bits per heavy atom. The Morgan fingerprint density at radius 3 is 2.58 bits per heavy atom. The zero-order valence-corrected chi connectivity index (χ0v) is 11.8. The van der Waals surface area contributed by atoms with Gasteiger partial charge in [0.15, 0.2) is 6.04 Å². The van der Waals surface area contributed by atoms with Crippen LogP contribution in [0.5, 0.6) is 0 Å². The maximum atomic E-state index is 11.8. The van der Waals surface area contributed by atoms with Crippen LogP contribution in [0, 0.1) is 11.8 Å². The number of nitrogens with one attached hydrogen (secondary N) is 2. The average Bonchev–Trinajstić information content (AvgIpc) is 2.32. The largest absolute Gasteiger partial charge is 0.480 e. The lowest BCUT2D eigenvalue weighted by atomic mass is 9.80. The smallest absolute Gasteiger partial charge is 0.328 e. The summed E-state index contributed by atoms with van der Waals surface area (Å²) in [6.07, 6.45) is 3.12. The van der Waals surface area contributed by atoms with E-state index in [2.05, 4.69) is 24.5 Å². The zero-order valence-electron chi connectivity index (χ0n) is 11.8. The fourth-order valence-corrected chi connectivity index (χ4v) is 2.59. The summed E-state index contributed by atoms with van der Waals surface area (Å²) in [6, 6.07) is -1.33. The molecule has 1 aliphatic carbocycles. The van der Waals surface area contributed by atoms with Gasteiger partial charge in [0.2, 0.25) is 0 Å². The van der Waals surface area contributed by atoms with Crippen LogP contribution in [0.2, 0.25) is 0 Å². The van der Waals surface area contributed by atoms with Gasteiger partial charge in [-0.1, -0.05) is 13.8 Å². The molecule has 4 unspecified atom stereocenters. The molecule has 4 atom stereocenters. The van der Waals surface area contributed by atoms with Crippen molar-refractivity contribution >= 4 is 12.0 Å². The maximum absolute atomic E-state index is 11.8. The first-order chi connectivity index (χ1) is 8.93. The highest BCUT2D eigenvalue weighted by molar-refractivity contribution is 5.82. The Balaban J connectivity index is 2.43. The van der Waals surface area contributed by atoms with Crippen LogP contribution in [0.15, 0.2) is 0 Å². The van der Waals surface area contributed by atoms with Crippen LogP contribution in [0.3, 0.4) is 0 Å². The van der Waals surface area contributed by atoms with Crippen LogP contribution in [-0.4, -0.2) is 42.9 Å². The number of carbonyl (C=O) groups excluding carboxylic acids is 1. The molecule has 2 amide bonds. The highest BCUT2D eigenvalue weighted by Crippen LogP contribution is 2.28. The molecule has 0 saturated heterocycles. The molecule has 0 heterocycles. The van der Waals surface area contributed by atoms with Crippen LogP contribution in [0.4, 0.5) is 4.79 Å². The molecule has 1 saturated carbocycles. The lowest BCUT2D eigenvalue weighted by molar-refractivity contribution is -0.140. The highest BCUT2D eigenvalue weighted by Gasteiger charge is 2.27. The number of urea groups is 1. The van der Waals surface area contributed by atoms with E-state index in [0.29, 0.717) is 11.8 Å². The summed E-state index contributed by atoms with van der Waals surface area (Å²) >= 11 is 0. The van der Waals surface area contributed by atoms with Crippen molar-refractivity contribution in [2.45, 2.75) is 45.2 Å². The lowest BCUT2D eigenvalue weighted by Crippen LogP contribution is -2.52. The summed E-state index contributed by atoms with van der Waals surface area (Å²) in [6.45, 7) is 4.29. The number of aliphatic carboxylic acids is 1. The number of ether oxygens (including phenoxy) is 1. The summed E-state index contributed by atoms with van der Waals surface area (Å²) in [5, 5.41) is 14.2. The van der Waals surface area contributed by atoms with Gasteiger partial charge in [-0.05, 0) is 31.1 Å². The monoisotopic (exact) mass is 272 g/mol. The summed E-state index contributed by atoms with van der Waals surface area (Å²) in [5.74, 6) is 0.0129. The Kier molecular flexibility index (Phi) is 6.08. The summed E-state index contributed by atoms with van der Waals surface area (Å²) in [4.78, 5) is 22.7.